The van der Waals surface area contributed by atoms with E-state index in [0.717, 1.165) is 43.9 Å². The minimum absolute atomic E-state index is 0.0654. The Morgan fingerprint density at radius 3 is 2.68 bits per heavy atom. The van der Waals surface area contributed by atoms with Gasteiger partial charge in [-0.2, -0.15) is 4.98 Å². The Morgan fingerprint density at radius 1 is 1.28 bits per heavy atom. The van der Waals surface area contributed by atoms with Gasteiger partial charge in [-0.05, 0) is 44.0 Å². The number of hydrogen-bond donors (Lipinski definition) is 1. The molecule has 1 amide bonds. The number of nitrogens with zero attached hydrogens (tertiary/aromatic N) is 3. The molecule has 0 spiro atoms. The Labute approximate surface area is 148 Å². The molecule has 3 rings (SSSR count). The SMILES string of the molecule is CC(C)Cc1noc(CN2CCC(C(=O)Nc3ccccc3)CC2)n1. The zero-order valence-electron chi connectivity index (χ0n) is 14.9. The van der Waals surface area contributed by atoms with Crippen LogP contribution in [0.3, 0.4) is 0 Å². The molecular weight excluding hydrogens is 316 g/mol. The third kappa shape index (κ3) is 5.13. The number of anilines is 1. The van der Waals surface area contributed by atoms with E-state index in [2.05, 4.69) is 34.2 Å². The number of benzene rings is 1. The maximum Gasteiger partial charge on any atom is 0.240 e. The molecule has 1 aromatic heterocycles. The molecular formula is C19H26N4O2. The van der Waals surface area contributed by atoms with Crippen molar-refractivity contribution in [2.45, 2.75) is 39.7 Å². The molecule has 0 radical (unpaired) electrons. The average Bonchev–Trinajstić information content (AvgIpc) is 3.02. The molecule has 0 bridgehead atoms. The number of piperidine rings is 1. The number of rotatable bonds is 6. The van der Waals surface area contributed by atoms with Crippen molar-refractivity contribution in [3.63, 3.8) is 0 Å². The zero-order chi connectivity index (χ0) is 17.6. The molecule has 1 aliphatic heterocycles. The second-order valence-electron chi connectivity index (χ2n) is 7.11. The summed E-state index contributed by atoms with van der Waals surface area (Å²) in [7, 11) is 0. The Kier molecular flexibility index (Phi) is 5.81. The topological polar surface area (TPSA) is 71.3 Å². The minimum Gasteiger partial charge on any atom is -0.338 e. The molecule has 1 saturated heterocycles. The van der Waals surface area contributed by atoms with Crippen molar-refractivity contribution in [3.05, 3.63) is 42.0 Å². The summed E-state index contributed by atoms with van der Waals surface area (Å²) < 4.78 is 5.34. The van der Waals surface area contributed by atoms with Crippen molar-refractivity contribution in [3.8, 4) is 0 Å². The van der Waals surface area contributed by atoms with Crippen molar-refractivity contribution in [1.82, 2.24) is 15.0 Å². The molecule has 0 unspecified atom stereocenters. The van der Waals surface area contributed by atoms with E-state index in [-0.39, 0.29) is 11.8 Å². The second kappa shape index (κ2) is 8.25. The lowest BCUT2D eigenvalue weighted by atomic mass is 9.96. The number of nitrogens with one attached hydrogen (secondary N) is 1. The normalized spacial score (nSPS) is 16.3. The first-order valence-corrected chi connectivity index (χ1v) is 9.00. The summed E-state index contributed by atoms with van der Waals surface area (Å²) in [6, 6.07) is 9.62. The minimum atomic E-state index is 0.0654. The molecule has 2 heterocycles. The van der Waals surface area contributed by atoms with E-state index in [1.165, 1.54) is 0 Å². The number of likely N-dealkylation sites (tertiary alicyclic amines) is 1. The molecule has 1 aromatic carbocycles. The molecule has 1 N–H and O–H groups in total. The van der Waals surface area contributed by atoms with Crippen LogP contribution in [0.25, 0.3) is 0 Å². The van der Waals surface area contributed by atoms with Gasteiger partial charge in [-0.1, -0.05) is 37.2 Å². The Bertz CT molecular complexity index is 676. The van der Waals surface area contributed by atoms with Gasteiger partial charge in [0.1, 0.15) is 0 Å². The van der Waals surface area contributed by atoms with Crippen LogP contribution in [-0.4, -0.2) is 34.0 Å². The highest BCUT2D eigenvalue weighted by atomic mass is 16.5. The van der Waals surface area contributed by atoms with Crippen LogP contribution in [0.4, 0.5) is 5.69 Å². The fourth-order valence-electron chi connectivity index (χ4n) is 3.11. The number of carbonyl (C=O) groups is 1. The van der Waals surface area contributed by atoms with Gasteiger partial charge in [-0.25, -0.2) is 0 Å². The molecule has 1 fully saturated rings. The number of carbonyl (C=O) groups excluding carboxylic acids is 1. The first kappa shape index (κ1) is 17.6. The van der Waals surface area contributed by atoms with Crippen LogP contribution < -0.4 is 5.32 Å². The van der Waals surface area contributed by atoms with Crippen molar-refractivity contribution in [2.75, 3.05) is 18.4 Å². The molecule has 0 aliphatic carbocycles. The number of hydrogen-bond acceptors (Lipinski definition) is 5. The van der Waals surface area contributed by atoms with Crippen LogP contribution in [0, 0.1) is 11.8 Å². The van der Waals surface area contributed by atoms with Crippen LogP contribution >= 0.6 is 0 Å². The second-order valence-corrected chi connectivity index (χ2v) is 7.11. The smallest absolute Gasteiger partial charge is 0.240 e. The van der Waals surface area contributed by atoms with Gasteiger partial charge in [0, 0.05) is 18.0 Å². The predicted molar refractivity (Wildman–Crippen MR) is 95.9 cm³/mol. The van der Waals surface area contributed by atoms with Gasteiger partial charge in [-0.15, -0.1) is 0 Å². The first-order valence-electron chi connectivity index (χ1n) is 9.00. The number of amides is 1. The van der Waals surface area contributed by atoms with Crippen molar-refractivity contribution in [2.24, 2.45) is 11.8 Å². The van der Waals surface area contributed by atoms with Gasteiger partial charge in [0.25, 0.3) is 0 Å². The zero-order valence-corrected chi connectivity index (χ0v) is 14.9. The molecule has 6 nitrogen and oxygen atoms in total. The highest BCUT2D eigenvalue weighted by Gasteiger charge is 2.26. The number of aromatic nitrogens is 2. The van der Waals surface area contributed by atoms with Crippen LogP contribution in [0.2, 0.25) is 0 Å². The molecule has 25 heavy (non-hydrogen) atoms. The molecule has 134 valence electrons. The quantitative estimate of drug-likeness (QED) is 0.873. The lowest BCUT2D eigenvalue weighted by molar-refractivity contribution is -0.121. The summed E-state index contributed by atoms with van der Waals surface area (Å²) in [5.74, 6) is 2.15. The Morgan fingerprint density at radius 2 is 2.00 bits per heavy atom. The third-order valence-corrected chi connectivity index (χ3v) is 4.46. The van der Waals surface area contributed by atoms with E-state index in [4.69, 9.17) is 4.52 Å². The van der Waals surface area contributed by atoms with Gasteiger partial charge in [0.15, 0.2) is 5.82 Å². The van der Waals surface area contributed by atoms with E-state index >= 15 is 0 Å². The fourth-order valence-corrected chi connectivity index (χ4v) is 3.11. The van der Waals surface area contributed by atoms with Gasteiger partial charge in [0.05, 0.1) is 6.54 Å². The highest BCUT2D eigenvalue weighted by molar-refractivity contribution is 5.92. The largest absolute Gasteiger partial charge is 0.338 e. The summed E-state index contributed by atoms with van der Waals surface area (Å²) in [4.78, 5) is 19.1. The summed E-state index contributed by atoms with van der Waals surface area (Å²) in [5, 5.41) is 7.03. The summed E-state index contributed by atoms with van der Waals surface area (Å²) >= 11 is 0. The molecule has 0 atom stereocenters. The van der Waals surface area contributed by atoms with E-state index in [0.29, 0.717) is 18.4 Å². The predicted octanol–water partition coefficient (Wildman–Crippen LogP) is 3.12. The highest BCUT2D eigenvalue weighted by Crippen LogP contribution is 2.21. The van der Waals surface area contributed by atoms with Crippen LogP contribution in [-0.2, 0) is 17.8 Å². The van der Waals surface area contributed by atoms with E-state index in [1.807, 2.05) is 30.3 Å². The fraction of sp³-hybridized carbons (Fsp3) is 0.526. The lowest BCUT2D eigenvalue weighted by Crippen LogP contribution is -2.37. The molecule has 1 aliphatic rings. The van der Waals surface area contributed by atoms with Crippen molar-refractivity contribution < 1.29 is 9.32 Å². The van der Waals surface area contributed by atoms with Crippen LogP contribution in [0.5, 0.6) is 0 Å². The van der Waals surface area contributed by atoms with Crippen molar-refractivity contribution >= 4 is 11.6 Å². The van der Waals surface area contributed by atoms with Gasteiger partial charge in [-0.3, -0.25) is 9.69 Å². The summed E-state index contributed by atoms with van der Waals surface area (Å²) in [5.41, 5.74) is 0.860. The first-order chi connectivity index (χ1) is 12.1. The monoisotopic (exact) mass is 342 g/mol. The standard InChI is InChI=1S/C19H26N4O2/c1-14(2)12-17-21-18(25-22-17)13-23-10-8-15(9-11-23)19(24)20-16-6-4-3-5-7-16/h3-7,14-15H,8-13H2,1-2H3,(H,20,24). The van der Waals surface area contributed by atoms with Gasteiger partial charge >= 0.3 is 0 Å². The molecule has 2 aromatic rings. The average molecular weight is 342 g/mol. The summed E-state index contributed by atoms with van der Waals surface area (Å²) in [6.45, 7) is 6.68. The van der Waals surface area contributed by atoms with Crippen LogP contribution in [0.15, 0.2) is 34.9 Å². The Hall–Kier alpha value is -2.21. The Balaban J connectivity index is 1.45. The lowest BCUT2D eigenvalue weighted by Gasteiger charge is -2.30. The molecule has 6 heteroatoms. The maximum absolute atomic E-state index is 12.4. The van der Waals surface area contributed by atoms with E-state index in [9.17, 15) is 4.79 Å². The summed E-state index contributed by atoms with van der Waals surface area (Å²) in [6.07, 6.45) is 2.54. The van der Waals surface area contributed by atoms with E-state index < -0.39 is 0 Å². The number of para-hydroxylation sites is 1. The van der Waals surface area contributed by atoms with Gasteiger partial charge in [0.2, 0.25) is 11.8 Å². The van der Waals surface area contributed by atoms with Gasteiger partial charge < -0.3 is 9.84 Å². The van der Waals surface area contributed by atoms with Crippen molar-refractivity contribution in [1.29, 1.82) is 0 Å². The maximum atomic E-state index is 12.4. The molecule has 0 saturated carbocycles. The van der Waals surface area contributed by atoms with Crippen LogP contribution in [0.1, 0.15) is 38.4 Å². The van der Waals surface area contributed by atoms with E-state index in [1.54, 1.807) is 0 Å². The third-order valence-electron chi connectivity index (χ3n) is 4.46.